The van der Waals surface area contributed by atoms with Crippen molar-refractivity contribution < 1.29 is 34.8 Å². The molecule has 4 N–H and O–H groups in total. The molecule has 0 aromatic rings. The number of carbonyl (C=O) groups is 2. The summed E-state index contributed by atoms with van der Waals surface area (Å²) >= 11 is 1.38. The highest BCUT2D eigenvalue weighted by Gasteiger charge is 2.42. The number of carbonyl (C=O) groups excluding carboxylic acids is 1. The van der Waals surface area contributed by atoms with Crippen LogP contribution in [0.3, 0.4) is 0 Å². The molecule has 1 amide bonds. The van der Waals surface area contributed by atoms with Crippen molar-refractivity contribution in [2.75, 3.05) is 11.6 Å². The van der Waals surface area contributed by atoms with Crippen LogP contribution in [-0.4, -0.2) is 85.4 Å². The zero-order valence-corrected chi connectivity index (χ0v) is 13.0. The number of hydrogen-bond acceptors (Lipinski definition) is 7. The Morgan fingerprint density at radius 1 is 1.23 bits per heavy atom. The average Bonchev–Trinajstić information content (AvgIpc) is 2.97. The van der Waals surface area contributed by atoms with E-state index in [-0.39, 0.29) is 18.7 Å². The normalized spacial score (nSPS) is 39.0. The summed E-state index contributed by atoms with van der Waals surface area (Å²) in [5.41, 5.74) is 0. The van der Waals surface area contributed by atoms with Crippen LogP contribution in [0, 0.1) is 0 Å². The van der Waals surface area contributed by atoms with E-state index in [2.05, 4.69) is 0 Å². The van der Waals surface area contributed by atoms with Gasteiger partial charge in [-0.15, -0.1) is 11.8 Å². The maximum Gasteiger partial charge on any atom is 0.327 e. The van der Waals surface area contributed by atoms with E-state index in [4.69, 9.17) is 9.84 Å². The SMILES string of the molecule is C[C@@H]1O[C@@H](CCC(=O)N2CSC[C@H]2C(=O)O)[C@@H](O)[C@H](O)[C@@H]1O. The van der Waals surface area contributed by atoms with Gasteiger partial charge in [0.25, 0.3) is 0 Å². The minimum Gasteiger partial charge on any atom is -0.480 e. The molecule has 2 aliphatic heterocycles. The molecule has 0 spiro atoms. The molecule has 0 saturated carbocycles. The fraction of sp³-hybridized carbons (Fsp3) is 0.846. The van der Waals surface area contributed by atoms with Crippen LogP contribution >= 0.6 is 11.8 Å². The highest BCUT2D eigenvalue weighted by molar-refractivity contribution is 7.99. The summed E-state index contributed by atoms with van der Waals surface area (Å²) in [4.78, 5) is 24.5. The van der Waals surface area contributed by atoms with Crippen molar-refractivity contribution in [1.29, 1.82) is 0 Å². The fourth-order valence-electron chi connectivity index (χ4n) is 2.68. The van der Waals surface area contributed by atoms with Crippen molar-refractivity contribution in [3.8, 4) is 0 Å². The van der Waals surface area contributed by atoms with E-state index < -0.39 is 42.5 Å². The van der Waals surface area contributed by atoms with E-state index in [1.54, 1.807) is 6.92 Å². The highest BCUT2D eigenvalue weighted by atomic mass is 32.2. The predicted molar refractivity (Wildman–Crippen MR) is 77.2 cm³/mol. The Morgan fingerprint density at radius 2 is 1.91 bits per heavy atom. The molecule has 126 valence electrons. The Bertz CT molecular complexity index is 435. The monoisotopic (exact) mass is 335 g/mol. The Morgan fingerprint density at radius 3 is 2.55 bits per heavy atom. The standard InChI is InChI=1S/C13H21NO7S/c1-6-10(16)12(18)11(17)8(21-6)2-3-9(15)14-5-22-4-7(14)13(19)20/h6-8,10-12,16-18H,2-5H2,1H3,(H,19,20)/t6-,7-,8-,10+,11+,12+/m0/s1. The first-order chi connectivity index (χ1) is 10.3. The lowest BCUT2D eigenvalue weighted by molar-refractivity contribution is -0.218. The molecule has 22 heavy (non-hydrogen) atoms. The molecule has 2 aliphatic rings. The van der Waals surface area contributed by atoms with Crippen LogP contribution in [0.1, 0.15) is 19.8 Å². The summed E-state index contributed by atoms with van der Waals surface area (Å²) in [7, 11) is 0. The summed E-state index contributed by atoms with van der Waals surface area (Å²) in [5, 5.41) is 38.3. The number of hydrogen-bond donors (Lipinski definition) is 4. The van der Waals surface area contributed by atoms with Gasteiger partial charge in [0.1, 0.15) is 24.4 Å². The molecule has 2 saturated heterocycles. The third kappa shape index (κ3) is 3.54. The number of thioether (sulfide) groups is 1. The van der Waals surface area contributed by atoms with Crippen molar-refractivity contribution in [2.45, 2.75) is 56.3 Å². The van der Waals surface area contributed by atoms with Gasteiger partial charge in [-0.2, -0.15) is 0 Å². The maximum atomic E-state index is 12.1. The summed E-state index contributed by atoms with van der Waals surface area (Å²) in [6.45, 7) is 1.58. The Balaban J connectivity index is 1.89. The molecule has 8 nitrogen and oxygen atoms in total. The molecule has 0 aliphatic carbocycles. The maximum absolute atomic E-state index is 12.1. The molecule has 0 aromatic heterocycles. The number of ether oxygens (including phenoxy) is 1. The highest BCUT2D eigenvalue weighted by Crippen LogP contribution is 2.26. The van der Waals surface area contributed by atoms with Gasteiger partial charge in [0.15, 0.2) is 0 Å². The van der Waals surface area contributed by atoms with Gasteiger partial charge < -0.3 is 30.1 Å². The van der Waals surface area contributed by atoms with Crippen LogP contribution in [0.15, 0.2) is 0 Å². The first-order valence-electron chi connectivity index (χ1n) is 7.12. The number of aliphatic hydroxyl groups excluding tert-OH is 3. The Kier molecular flexibility index (Phi) is 5.67. The minimum absolute atomic E-state index is 0.0155. The second-order valence-electron chi connectivity index (χ2n) is 5.61. The first kappa shape index (κ1) is 17.5. The second-order valence-corrected chi connectivity index (χ2v) is 6.61. The van der Waals surface area contributed by atoms with Crippen molar-refractivity contribution in [3.05, 3.63) is 0 Å². The third-order valence-electron chi connectivity index (χ3n) is 4.08. The van der Waals surface area contributed by atoms with E-state index in [1.165, 1.54) is 16.7 Å². The molecule has 0 bridgehead atoms. The lowest BCUT2D eigenvalue weighted by Gasteiger charge is -2.39. The third-order valence-corrected chi connectivity index (χ3v) is 5.09. The number of rotatable bonds is 4. The average molecular weight is 335 g/mol. The van der Waals surface area contributed by atoms with Crippen molar-refractivity contribution in [2.24, 2.45) is 0 Å². The molecule has 2 rings (SSSR count). The molecule has 2 fully saturated rings. The molecule has 0 radical (unpaired) electrons. The van der Waals surface area contributed by atoms with E-state index >= 15 is 0 Å². The zero-order chi connectivity index (χ0) is 16.4. The number of nitrogens with zero attached hydrogens (tertiary/aromatic N) is 1. The van der Waals surface area contributed by atoms with Gasteiger partial charge in [0, 0.05) is 12.2 Å². The number of aliphatic hydroxyl groups is 3. The van der Waals surface area contributed by atoms with Crippen LogP contribution in [-0.2, 0) is 14.3 Å². The van der Waals surface area contributed by atoms with Crippen LogP contribution in [0.25, 0.3) is 0 Å². The topological polar surface area (TPSA) is 128 Å². The van der Waals surface area contributed by atoms with Gasteiger partial charge >= 0.3 is 5.97 Å². The molecular weight excluding hydrogens is 314 g/mol. The lowest BCUT2D eigenvalue weighted by Crippen LogP contribution is -2.56. The Hall–Kier alpha value is -0.870. The van der Waals surface area contributed by atoms with Gasteiger partial charge in [0.2, 0.25) is 5.91 Å². The number of carboxylic acids is 1. The molecule has 0 aromatic carbocycles. The molecule has 6 atom stereocenters. The molecule has 2 heterocycles. The number of amides is 1. The van der Waals surface area contributed by atoms with E-state index in [9.17, 15) is 24.9 Å². The van der Waals surface area contributed by atoms with Crippen LogP contribution in [0.4, 0.5) is 0 Å². The Labute approximate surface area is 132 Å². The van der Waals surface area contributed by atoms with E-state index in [0.29, 0.717) is 11.6 Å². The van der Waals surface area contributed by atoms with Gasteiger partial charge in [0.05, 0.1) is 18.1 Å². The van der Waals surface area contributed by atoms with Gasteiger partial charge in [-0.25, -0.2) is 4.79 Å². The fourth-order valence-corrected chi connectivity index (χ4v) is 3.85. The molecule has 0 unspecified atom stereocenters. The summed E-state index contributed by atoms with van der Waals surface area (Å²) in [6, 6.07) is -0.818. The van der Waals surface area contributed by atoms with Crippen LogP contribution in [0.5, 0.6) is 0 Å². The van der Waals surface area contributed by atoms with Crippen LogP contribution < -0.4 is 0 Å². The second kappa shape index (κ2) is 7.14. The van der Waals surface area contributed by atoms with Crippen LogP contribution in [0.2, 0.25) is 0 Å². The minimum atomic E-state index is -1.32. The summed E-state index contributed by atoms with van der Waals surface area (Å²) in [6.07, 6.45) is -5.01. The number of carboxylic acid groups (broad SMARTS) is 1. The van der Waals surface area contributed by atoms with Gasteiger partial charge in [-0.1, -0.05) is 0 Å². The molecule has 9 heteroatoms. The van der Waals surface area contributed by atoms with Gasteiger partial charge in [-0.3, -0.25) is 4.79 Å². The van der Waals surface area contributed by atoms with E-state index in [0.717, 1.165) is 0 Å². The summed E-state index contributed by atoms with van der Waals surface area (Å²) < 4.78 is 5.42. The lowest BCUT2D eigenvalue weighted by atomic mass is 9.93. The first-order valence-corrected chi connectivity index (χ1v) is 8.28. The number of aliphatic carboxylic acids is 1. The van der Waals surface area contributed by atoms with Crippen molar-refractivity contribution in [3.63, 3.8) is 0 Å². The van der Waals surface area contributed by atoms with E-state index in [1.807, 2.05) is 0 Å². The van der Waals surface area contributed by atoms with Gasteiger partial charge in [-0.05, 0) is 13.3 Å². The smallest absolute Gasteiger partial charge is 0.327 e. The molecular formula is C13H21NO7S. The van der Waals surface area contributed by atoms with Crippen molar-refractivity contribution >= 4 is 23.6 Å². The quantitative estimate of drug-likeness (QED) is 0.495. The zero-order valence-electron chi connectivity index (χ0n) is 12.2. The summed E-state index contributed by atoms with van der Waals surface area (Å²) in [5.74, 6) is -0.645. The largest absolute Gasteiger partial charge is 0.480 e. The van der Waals surface area contributed by atoms with Crippen molar-refractivity contribution in [1.82, 2.24) is 4.90 Å². The predicted octanol–water partition coefficient (Wildman–Crippen LogP) is -1.38.